The van der Waals surface area contributed by atoms with Gasteiger partial charge < -0.3 is 14.7 Å². The van der Waals surface area contributed by atoms with Crippen LogP contribution in [0.15, 0.2) is 54.6 Å². The molecule has 4 rings (SSSR count). The van der Waals surface area contributed by atoms with Crippen LogP contribution >= 0.6 is 0 Å². The maximum Gasteiger partial charge on any atom is 0.142 e. The van der Waals surface area contributed by atoms with E-state index in [-0.39, 0.29) is 12.0 Å². The van der Waals surface area contributed by atoms with E-state index in [9.17, 15) is 5.11 Å². The fraction of sp³-hybridized carbons (Fsp3) is 0.571. The summed E-state index contributed by atoms with van der Waals surface area (Å²) >= 11 is 0. The lowest BCUT2D eigenvalue weighted by molar-refractivity contribution is 0.0536. The molecule has 174 valence electrons. The number of para-hydroxylation sites is 2. The molecule has 0 bridgehead atoms. The highest BCUT2D eigenvalue weighted by molar-refractivity contribution is 5.58. The van der Waals surface area contributed by atoms with E-state index >= 15 is 0 Å². The van der Waals surface area contributed by atoms with Crippen molar-refractivity contribution in [2.75, 3.05) is 44.2 Å². The summed E-state index contributed by atoms with van der Waals surface area (Å²) in [6.07, 6.45) is 7.04. The molecule has 2 aliphatic rings. The molecular weight excluding hydrogens is 396 g/mol. The average Bonchev–Trinajstić information content (AvgIpc) is 2.86. The molecule has 0 aromatic heterocycles. The molecule has 1 N–H and O–H groups in total. The van der Waals surface area contributed by atoms with Gasteiger partial charge in [-0.2, -0.15) is 0 Å². The third-order valence-electron chi connectivity index (χ3n) is 7.41. The Hall–Kier alpha value is -2.04. The zero-order valence-corrected chi connectivity index (χ0v) is 19.7. The average molecular weight is 437 g/mol. The van der Waals surface area contributed by atoms with Crippen LogP contribution in [-0.4, -0.2) is 55.4 Å². The number of benzene rings is 2. The third-order valence-corrected chi connectivity index (χ3v) is 7.41. The Morgan fingerprint density at radius 2 is 1.59 bits per heavy atom. The van der Waals surface area contributed by atoms with Gasteiger partial charge in [0, 0.05) is 32.1 Å². The molecule has 2 fully saturated rings. The van der Waals surface area contributed by atoms with Crippen molar-refractivity contribution < 1.29 is 9.84 Å². The highest BCUT2D eigenvalue weighted by atomic mass is 16.5. The maximum atomic E-state index is 11.3. The first-order valence-corrected chi connectivity index (χ1v) is 12.7. The van der Waals surface area contributed by atoms with Gasteiger partial charge in [0.2, 0.25) is 0 Å². The molecular formula is C28H40N2O2. The largest absolute Gasteiger partial charge is 0.492 e. The van der Waals surface area contributed by atoms with Gasteiger partial charge in [-0.05, 0) is 56.3 Å². The smallest absolute Gasteiger partial charge is 0.142 e. The molecule has 32 heavy (non-hydrogen) atoms. The monoisotopic (exact) mass is 436 g/mol. The number of ether oxygens (including phenoxy) is 1. The summed E-state index contributed by atoms with van der Waals surface area (Å²) in [5, 5.41) is 11.3. The van der Waals surface area contributed by atoms with E-state index in [0.717, 1.165) is 44.9 Å². The molecule has 1 heterocycles. The minimum absolute atomic E-state index is 0.225. The van der Waals surface area contributed by atoms with Crippen molar-refractivity contribution in [2.45, 2.75) is 57.5 Å². The Morgan fingerprint density at radius 1 is 0.906 bits per heavy atom. The number of aliphatic hydroxyl groups is 1. The Labute approximate surface area is 194 Å². The Bertz CT molecular complexity index is 798. The number of rotatable bonds is 9. The first kappa shape index (κ1) is 23.1. The predicted molar refractivity (Wildman–Crippen MR) is 133 cm³/mol. The van der Waals surface area contributed by atoms with E-state index in [0.29, 0.717) is 12.5 Å². The first-order chi connectivity index (χ1) is 15.8. The van der Waals surface area contributed by atoms with E-state index in [4.69, 9.17) is 4.74 Å². The second-order valence-corrected chi connectivity index (χ2v) is 9.42. The lowest BCUT2D eigenvalue weighted by atomic mass is 9.77. The molecule has 1 aliphatic carbocycles. The van der Waals surface area contributed by atoms with Crippen LogP contribution in [0, 0.1) is 5.92 Å². The molecule has 0 radical (unpaired) electrons. The van der Waals surface area contributed by atoms with Crippen molar-refractivity contribution in [3.63, 3.8) is 0 Å². The SMILES string of the molecule is CCOc1ccccc1N1CCN(CCC(c2ccccc2)C(O)C2CCCCC2)CC1. The summed E-state index contributed by atoms with van der Waals surface area (Å²) in [5.74, 6) is 1.68. The third kappa shape index (κ3) is 5.85. The summed E-state index contributed by atoms with van der Waals surface area (Å²) in [6.45, 7) is 7.94. The lowest BCUT2D eigenvalue weighted by Gasteiger charge is -2.38. The topological polar surface area (TPSA) is 35.9 Å². The summed E-state index contributed by atoms with van der Waals surface area (Å²) in [6, 6.07) is 19.1. The molecule has 4 nitrogen and oxygen atoms in total. The number of aliphatic hydroxyl groups excluding tert-OH is 1. The van der Waals surface area contributed by atoms with E-state index in [2.05, 4.69) is 58.3 Å². The summed E-state index contributed by atoms with van der Waals surface area (Å²) in [7, 11) is 0. The van der Waals surface area contributed by atoms with Gasteiger partial charge in [0.05, 0.1) is 18.4 Å². The number of nitrogens with zero attached hydrogens (tertiary/aromatic N) is 2. The molecule has 2 unspecified atom stereocenters. The zero-order chi connectivity index (χ0) is 22.2. The van der Waals surface area contributed by atoms with Gasteiger partial charge in [0.25, 0.3) is 0 Å². The lowest BCUT2D eigenvalue weighted by Crippen LogP contribution is -2.47. The Balaban J connectivity index is 1.35. The number of anilines is 1. The van der Waals surface area contributed by atoms with Crippen LogP contribution in [0.5, 0.6) is 5.75 Å². The summed E-state index contributed by atoms with van der Waals surface area (Å²) in [5.41, 5.74) is 2.51. The van der Waals surface area contributed by atoms with Crippen LogP contribution in [0.2, 0.25) is 0 Å². The van der Waals surface area contributed by atoms with Crippen molar-refractivity contribution in [2.24, 2.45) is 5.92 Å². The zero-order valence-electron chi connectivity index (χ0n) is 19.7. The second-order valence-electron chi connectivity index (χ2n) is 9.42. The molecule has 0 spiro atoms. The molecule has 0 amide bonds. The van der Waals surface area contributed by atoms with Gasteiger partial charge in [-0.1, -0.05) is 61.7 Å². The van der Waals surface area contributed by atoms with E-state index < -0.39 is 0 Å². The normalized spacial score (nSPS) is 20.1. The molecule has 2 aromatic rings. The van der Waals surface area contributed by atoms with Crippen LogP contribution in [-0.2, 0) is 0 Å². The van der Waals surface area contributed by atoms with Gasteiger partial charge in [-0.25, -0.2) is 0 Å². The van der Waals surface area contributed by atoms with Crippen molar-refractivity contribution >= 4 is 5.69 Å². The highest BCUT2D eigenvalue weighted by Gasteiger charge is 2.30. The first-order valence-electron chi connectivity index (χ1n) is 12.7. The second kappa shape index (κ2) is 11.7. The number of piperazine rings is 1. The van der Waals surface area contributed by atoms with Gasteiger partial charge >= 0.3 is 0 Å². The van der Waals surface area contributed by atoms with Crippen molar-refractivity contribution in [1.82, 2.24) is 4.90 Å². The Morgan fingerprint density at radius 3 is 2.31 bits per heavy atom. The van der Waals surface area contributed by atoms with Gasteiger partial charge in [0.15, 0.2) is 0 Å². The van der Waals surface area contributed by atoms with Crippen LogP contribution in [0.1, 0.15) is 56.9 Å². The molecule has 2 aromatic carbocycles. The van der Waals surface area contributed by atoms with Gasteiger partial charge in [-0.3, -0.25) is 4.90 Å². The highest BCUT2D eigenvalue weighted by Crippen LogP contribution is 2.35. The van der Waals surface area contributed by atoms with Crippen molar-refractivity contribution in [1.29, 1.82) is 0 Å². The number of hydrogen-bond donors (Lipinski definition) is 1. The fourth-order valence-electron chi connectivity index (χ4n) is 5.57. The quantitative estimate of drug-likeness (QED) is 0.577. The van der Waals surface area contributed by atoms with E-state index in [1.54, 1.807) is 0 Å². The van der Waals surface area contributed by atoms with Crippen LogP contribution in [0.4, 0.5) is 5.69 Å². The number of hydrogen-bond acceptors (Lipinski definition) is 4. The van der Waals surface area contributed by atoms with Gasteiger partial charge in [0.1, 0.15) is 5.75 Å². The molecule has 2 atom stereocenters. The fourth-order valence-corrected chi connectivity index (χ4v) is 5.57. The predicted octanol–water partition coefficient (Wildman–Crippen LogP) is 5.32. The van der Waals surface area contributed by atoms with Crippen LogP contribution in [0.25, 0.3) is 0 Å². The molecule has 4 heteroatoms. The molecule has 1 saturated carbocycles. The summed E-state index contributed by atoms with van der Waals surface area (Å²) < 4.78 is 5.85. The molecule has 1 aliphatic heterocycles. The van der Waals surface area contributed by atoms with E-state index in [1.807, 2.05) is 13.0 Å². The minimum atomic E-state index is -0.225. The van der Waals surface area contributed by atoms with E-state index in [1.165, 1.54) is 43.4 Å². The summed E-state index contributed by atoms with van der Waals surface area (Å²) in [4.78, 5) is 5.02. The standard InChI is InChI=1S/C28H40N2O2/c1-2-32-27-16-10-9-15-26(27)30-21-19-29(20-22-30)18-17-25(23-11-5-3-6-12-23)28(31)24-13-7-4-8-14-24/h3,5-6,9-12,15-16,24-25,28,31H,2,4,7-8,13-14,17-22H2,1H3. The Kier molecular flexibility index (Phi) is 8.47. The van der Waals surface area contributed by atoms with Crippen LogP contribution in [0.3, 0.4) is 0 Å². The minimum Gasteiger partial charge on any atom is -0.492 e. The maximum absolute atomic E-state index is 11.3. The van der Waals surface area contributed by atoms with Crippen molar-refractivity contribution in [3.05, 3.63) is 60.2 Å². The van der Waals surface area contributed by atoms with Crippen LogP contribution < -0.4 is 9.64 Å². The molecule has 1 saturated heterocycles. The van der Waals surface area contributed by atoms with Gasteiger partial charge in [-0.15, -0.1) is 0 Å². The van der Waals surface area contributed by atoms with Crippen molar-refractivity contribution in [3.8, 4) is 5.75 Å².